The topological polar surface area (TPSA) is 86.5 Å². The summed E-state index contributed by atoms with van der Waals surface area (Å²) in [6.45, 7) is 4.83. The number of allylic oxidation sites excluding steroid dienone is 3. The molecule has 7 nitrogen and oxygen atoms in total. The van der Waals surface area contributed by atoms with E-state index in [-0.39, 0.29) is 34.5 Å². The predicted molar refractivity (Wildman–Crippen MR) is 97.3 cm³/mol. The van der Waals surface area contributed by atoms with Crippen molar-refractivity contribution in [3.63, 3.8) is 0 Å². The van der Waals surface area contributed by atoms with Crippen molar-refractivity contribution >= 4 is 17.6 Å². The first kappa shape index (κ1) is 22.0. The van der Waals surface area contributed by atoms with Crippen LogP contribution in [0.5, 0.6) is 5.75 Å². The van der Waals surface area contributed by atoms with E-state index in [1.807, 2.05) is 0 Å². The molecule has 29 heavy (non-hydrogen) atoms. The molecule has 0 amide bonds. The van der Waals surface area contributed by atoms with Crippen molar-refractivity contribution < 1.29 is 32.5 Å². The molecule has 11 heteroatoms. The summed E-state index contributed by atoms with van der Waals surface area (Å²) in [5.74, 6) is -1.09. The highest BCUT2D eigenvalue weighted by Gasteiger charge is 2.31. The fraction of sp³-hybridized carbons (Fsp3) is 0.167. The van der Waals surface area contributed by atoms with E-state index in [0.717, 1.165) is 12.1 Å². The fourth-order valence-corrected chi connectivity index (χ4v) is 2.27. The van der Waals surface area contributed by atoms with E-state index in [1.54, 1.807) is 0 Å². The van der Waals surface area contributed by atoms with Crippen LogP contribution >= 0.6 is 11.6 Å². The average Bonchev–Trinajstić information content (AvgIpc) is 3.10. The van der Waals surface area contributed by atoms with E-state index in [1.165, 1.54) is 42.2 Å². The van der Waals surface area contributed by atoms with E-state index in [9.17, 15) is 18.0 Å². The molecule has 0 aliphatic rings. The van der Waals surface area contributed by atoms with Gasteiger partial charge in [0.05, 0.1) is 10.7 Å². The monoisotopic (exact) mass is 429 g/mol. The smallest absolute Gasteiger partial charge is 0.484 e. The van der Waals surface area contributed by atoms with Crippen LogP contribution in [0.15, 0.2) is 65.7 Å². The number of carbonyl (C=O) groups is 1. The van der Waals surface area contributed by atoms with Crippen LogP contribution in [0.2, 0.25) is 0 Å². The van der Waals surface area contributed by atoms with Gasteiger partial charge in [0.25, 0.3) is 0 Å². The number of hydrogen-bond donors (Lipinski definition) is 1. The third-order valence-corrected chi connectivity index (χ3v) is 3.63. The summed E-state index contributed by atoms with van der Waals surface area (Å²) in [7, 11) is 0. The maximum atomic E-state index is 12.2. The summed E-state index contributed by atoms with van der Waals surface area (Å²) in [5.41, 5.74) is 0.467. The molecule has 1 heterocycles. The third-order valence-electron chi connectivity index (χ3n) is 3.33. The SMILES string of the molecule is C=C/C(OCc1ncn(-c2ccc(OC(F)(F)F)cc2)n1)=C(Cl)\C=C(/C)C(=O)O. The van der Waals surface area contributed by atoms with Crippen molar-refractivity contribution in [3.05, 3.63) is 71.5 Å². The Labute approximate surface area is 168 Å². The van der Waals surface area contributed by atoms with Crippen molar-refractivity contribution in [1.82, 2.24) is 14.8 Å². The van der Waals surface area contributed by atoms with Gasteiger partial charge >= 0.3 is 12.3 Å². The molecule has 1 N–H and O–H groups in total. The molecule has 2 rings (SSSR count). The van der Waals surface area contributed by atoms with Gasteiger partial charge in [-0.3, -0.25) is 0 Å². The van der Waals surface area contributed by atoms with Crippen LogP contribution in [-0.2, 0) is 16.1 Å². The molecule has 2 aromatic rings. The summed E-state index contributed by atoms with van der Waals surface area (Å²) in [5, 5.41) is 13.1. The zero-order valence-corrected chi connectivity index (χ0v) is 15.7. The van der Waals surface area contributed by atoms with Gasteiger partial charge in [-0.05, 0) is 43.3 Å². The fourth-order valence-electron chi connectivity index (χ4n) is 1.98. The first-order chi connectivity index (χ1) is 13.6. The normalized spacial score (nSPS) is 12.9. The second-order valence-corrected chi connectivity index (χ2v) is 5.89. The molecule has 154 valence electrons. The quantitative estimate of drug-likeness (QED) is 0.381. The van der Waals surface area contributed by atoms with E-state index in [2.05, 4.69) is 21.4 Å². The highest BCUT2D eigenvalue weighted by molar-refractivity contribution is 6.31. The number of benzene rings is 1. The van der Waals surface area contributed by atoms with Gasteiger partial charge in [-0.15, -0.1) is 18.3 Å². The lowest BCUT2D eigenvalue weighted by atomic mass is 10.2. The third kappa shape index (κ3) is 6.68. The molecule has 1 aromatic heterocycles. The van der Waals surface area contributed by atoms with Gasteiger partial charge in [0.2, 0.25) is 0 Å². The van der Waals surface area contributed by atoms with Crippen molar-refractivity contribution in [2.24, 2.45) is 0 Å². The number of aliphatic carboxylic acids is 1. The van der Waals surface area contributed by atoms with E-state index >= 15 is 0 Å². The second kappa shape index (κ2) is 9.28. The van der Waals surface area contributed by atoms with E-state index in [0.29, 0.717) is 5.69 Å². The second-order valence-electron chi connectivity index (χ2n) is 5.48. The van der Waals surface area contributed by atoms with Crippen LogP contribution in [0.4, 0.5) is 13.2 Å². The predicted octanol–water partition coefficient (Wildman–Crippen LogP) is 4.35. The number of hydrogen-bond acceptors (Lipinski definition) is 5. The Morgan fingerprint density at radius 1 is 1.34 bits per heavy atom. The minimum absolute atomic E-state index is 0.0123. The number of halogens is 4. The van der Waals surface area contributed by atoms with Crippen LogP contribution in [0, 0.1) is 0 Å². The Morgan fingerprint density at radius 2 is 2.00 bits per heavy atom. The number of alkyl halides is 3. The first-order valence-electron chi connectivity index (χ1n) is 7.92. The lowest BCUT2D eigenvalue weighted by Crippen LogP contribution is -2.17. The van der Waals surface area contributed by atoms with Crippen LogP contribution in [0.25, 0.3) is 5.69 Å². The number of nitrogens with zero attached hydrogens (tertiary/aromatic N) is 3. The number of carboxylic acid groups (broad SMARTS) is 1. The largest absolute Gasteiger partial charge is 0.573 e. The summed E-state index contributed by atoms with van der Waals surface area (Å²) < 4.78 is 47.2. The highest BCUT2D eigenvalue weighted by Crippen LogP contribution is 2.23. The lowest BCUT2D eigenvalue weighted by Gasteiger charge is -2.09. The number of ether oxygens (including phenoxy) is 2. The maximum Gasteiger partial charge on any atom is 0.573 e. The van der Waals surface area contributed by atoms with E-state index < -0.39 is 12.3 Å². The summed E-state index contributed by atoms with van der Waals surface area (Å²) in [6.07, 6.45) is -0.886. The summed E-state index contributed by atoms with van der Waals surface area (Å²) >= 11 is 6.02. The summed E-state index contributed by atoms with van der Waals surface area (Å²) in [4.78, 5) is 14.9. The molecule has 0 fully saturated rings. The molecule has 0 saturated heterocycles. The van der Waals surface area contributed by atoms with Crippen LogP contribution in [0.3, 0.4) is 0 Å². The molecule has 0 radical (unpaired) electrons. The standard InChI is InChI=1S/C18H15ClF3N3O4/c1-3-15(14(19)8-11(2)17(26)27)28-9-16-23-10-25(24-16)12-4-6-13(7-5-12)29-18(20,21)22/h3-8,10H,1,9H2,2H3,(H,26,27)/b11-8+,15-14-. The van der Waals surface area contributed by atoms with Gasteiger partial charge in [-0.25, -0.2) is 14.5 Å². The molecule has 0 unspecified atom stereocenters. The van der Waals surface area contributed by atoms with Crippen molar-refractivity contribution in [1.29, 1.82) is 0 Å². The Kier molecular flexibility index (Phi) is 7.05. The van der Waals surface area contributed by atoms with Crippen molar-refractivity contribution in [2.45, 2.75) is 19.9 Å². The van der Waals surface area contributed by atoms with Gasteiger partial charge in [0.1, 0.15) is 24.4 Å². The molecule has 0 aliphatic carbocycles. The summed E-state index contributed by atoms with van der Waals surface area (Å²) in [6, 6.07) is 5.06. The molecule has 0 spiro atoms. The Bertz CT molecular complexity index is 950. The van der Waals surface area contributed by atoms with Gasteiger partial charge in [-0.2, -0.15) is 0 Å². The van der Waals surface area contributed by atoms with Gasteiger partial charge in [0.15, 0.2) is 5.82 Å². The van der Waals surface area contributed by atoms with Crippen LogP contribution in [-0.4, -0.2) is 32.2 Å². The average molecular weight is 430 g/mol. The Hall–Kier alpha value is -3.27. The van der Waals surface area contributed by atoms with Gasteiger partial charge in [0, 0.05) is 5.57 Å². The zero-order chi connectivity index (χ0) is 21.6. The van der Waals surface area contributed by atoms with E-state index in [4.69, 9.17) is 21.4 Å². The number of rotatable bonds is 8. The Balaban J connectivity index is 2.07. The molecular weight excluding hydrogens is 415 g/mol. The molecule has 0 bridgehead atoms. The molecular formula is C18H15ClF3N3O4. The number of carboxylic acids is 1. The van der Waals surface area contributed by atoms with Crippen LogP contribution in [0.1, 0.15) is 12.7 Å². The lowest BCUT2D eigenvalue weighted by molar-refractivity contribution is -0.274. The van der Waals surface area contributed by atoms with Crippen molar-refractivity contribution in [3.8, 4) is 11.4 Å². The molecule has 1 aromatic carbocycles. The van der Waals surface area contributed by atoms with Crippen molar-refractivity contribution in [2.75, 3.05) is 0 Å². The Morgan fingerprint density at radius 3 is 2.55 bits per heavy atom. The molecule has 0 atom stereocenters. The zero-order valence-electron chi connectivity index (χ0n) is 15.0. The highest BCUT2D eigenvalue weighted by atomic mass is 35.5. The molecule has 0 saturated carbocycles. The number of aromatic nitrogens is 3. The molecule has 0 aliphatic heterocycles. The first-order valence-corrected chi connectivity index (χ1v) is 8.30. The minimum atomic E-state index is -4.77. The minimum Gasteiger partial charge on any atom is -0.484 e. The maximum absolute atomic E-state index is 12.2. The van der Waals surface area contributed by atoms with Gasteiger partial charge in [-0.1, -0.05) is 18.2 Å². The van der Waals surface area contributed by atoms with Gasteiger partial charge < -0.3 is 14.6 Å². The van der Waals surface area contributed by atoms with Crippen LogP contribution < -0.4 is 4.74 Å².